The molecule has 0 fully saturated rings. The highest BCUT2D eigenvalue weighted by Gasteiger charge is 2.22. The molecule has 1 aliphatic heterocycles. The number of benzene rings is 2. The molecule has 27 heavy (non-hydrogen) atoms. The molecule has 2 aromatic carbocycles. The molecule has 1 heterocycles. The van der Waals surface area contributed by atoms with Gasteiger partial charge in [-0.05, 0) is 42.8 Å². The zero-order chi connectivity index (χ0) is 19.6. The first kappa shape index (κ1) is 19.5. The average Bonchev–Trinajstić information content (AvgIpc) is 2.93. The van der Waals surface area contributed by atoms with Crippen molar-refractivity contribution in [2.24, 2.45) is 5.16 Å². The van der Waals surface area contributed by atoms with Crippen LogP contribution in [0, 0.1) is 0 Å². The Kier molecular flexibility index (Phi) is 5.95. The minimum absolute atomic E-state index is 0.185. The molecule has 0 N–H and O–H groups in total. The summed E-state index contributed by atoms with van der Waals surface area (Å²) in [5.74, 6) is 0.271. The van der Waals surface area contributed by atoms with Crippen molar-refractivity contribution in [2.75, 3.05) is 7.11 Å². The molecule has 0 radical (unpaired) electrons. The Balaban J connectivity index is 1.87. The van der Waals surface area contributed by atoms with Crippen molar-refractivity contribution in [3.8, 4) is 11.5 Å². The van der Waals surface area contributed by atoms with Crippen LogP contribution in [0.25, 0.3) is 6.08 Å². The predicted octanol–water partition coefficient (Wildman–Crippen LogP) is 5.55. The largest absolute Gasteiger partial charge is 0.493 e. The molecule has 0 spiro atoms. The molecule has 0 aliphatic carbocycles. The molecular weight excluding hydrogens is 413 g/mol. The Morgan fingerprint density at radius 2 is 1.93 bits per heavy atom. The van der Waals surface area contributed by atoms with Gasteiger partial charge in [0.15, 0.2) is 11.5 Å². The van der Waals surface area contributed by atoms with Gasteiger partial charge < -0.3 is 14.3 Å². The van der Waals surface area contributed by atoms with Gasteiger partial charge in [-0.3, -0.25) is 0 Å². The standard InChI is InChI=1S/C19H14Cl3NO4/c1-10-14(19(24)27-23-10)5-11-6-16(22)18(17(7-11)25-2)26-9-12-3-4-13(20)8-15(12)21/h3-8H,9H2,1-2H3/b14-5+. The van der Waals surface area contributed by atoms with Crippen LogP contribution in [-0.4, -0.2) is 18.8 Å². The van der Waals surface area contributed by atoms with Gasteiger partial charge in [0.1, 0.15) is 6.61 Å². The normalized spacial score (nSPS) is 14.9. The molecule has 1 aliphatic rings. The number of rotatable bonds is 5. The van der Waals surface area contributed by atoms with Gasteiger partial charge in [0.05, 0.1) is 23.4 Å². The number of carbonyl (C=O) groups is 1. The van der Waals surface area contributed by atoms with E-state index in [1.54, 1.807) is 43.3 Å². The second-order valence-corrected chi connectivity index (χ2v) is 6.92. The second kappa shape index (κ2) is 8.21. The first-order valence-corrected chi connectivity index (χ1v) is 8.94. The van der Waals surface area contributed by atoms with E-state index in [0.29, 0.717) is 43.4 Å². The van der Waals surface area contributed by atoms with Crippen molar-refractivity contribution < 1.29 is 19.1 Å². The fraction of sp³-hybridized carbons (Fsp3) is 0.158. The van der Waals surface area contributed by atoms with E-state index < -0.39 is 5.97 Å². The molecule has 0 amide bonds. The molecule has 0 aromatic heterocycles. The van der Waals surface area contributed by atoms with Crippen LogP contribution in [0.4, 0.5) is 0 Å². The molecule has 0 bridgehead atoms. The van der Waals surface area contributed by atoms with Gasteiger partial charge in [0.2, 0.25) is 0 Å². The summed E-state index contributed by atoms with van der Waals surface area (Å²) in [4.78, 5) is 16.3. The van der Waals surface area contributed by atoms with Crippen LogP contribution in [0.2, 0.25) is 15.1 Å². The Bertz CT molecular complexity index is 970. The number of oxime groups is 1. The van der Waals surface area contributed by atoms with Crippen LogP contribution < -0.4 is 9.47 Å². The van der Waals surface area contributed by atoms with E-state index in [4.69, 9.17) is 44.3 Å². The first-order chi connectivity index (χ1) is 12.9. The van der Waals surface area contributed by atoms with Crippen molar-refractivity contribution in [1.82, 2.24) is 0 Å². The summed E-state index contributed by atoms with van der Waals surface area (Å²) >= 11 is 18.4. The van der Waals surface area contributed by atoms with Crippen molar-refractivity contribution >= 4 is 52.6 Å². The van der Waals surface area contributed by atoms with Crippen LogP contribution in [-0.2, 0) is 16.2 Å². The minimum atomic E-state index is -0.514. The van der Waals surface area contributed by atoms with Gasteiger partial charge in [-0.15, -0.1) is 0 Å². The van der Waals surface area contributed by atoms with Gasteiger partial charge >= 0.3 is 5.97 Å². The summed E-state index contributed by atoms with van der Waals surface area (Å²) in [6.07, 6.45) is 1.63. The van der Waals surface area contributed by atoms with Gasteiger partial charge in [-0.25, -0.2) is 4.79 Å². The smallest absolute Gasteiger partial charge is 0.367 e. The quantitative estimate of drug-likeness (QED) is 0.464. The maximum absolute atomic E-state index is 11.7. The number of carbonyl (C=O) groups excluding carboxylic acids is 1. The maximum Gasteiger partial charge on any atom is 0.367 e. The summed E-state index contributed by atoms with van der Waals surface area (Å²) in [7, 11) is 1.50. The fourth-order valence-corrected chi connectivity index (χ4v) is 3.17. The Hall–Kier alpha value is -2.21. The van der Waals surface area contributed by atoms with E-state index in [1.165, 1.54) is 7.11 Å². The van der Waals surface area contributed by atoms with Crippen LogP contribution in [0.5, 0.6) is 11.5 Å². The number of hydrogen-bond acceptors (Lipinski definition) is 5. The van der Waals surface area contributed by atoms with Crippen LogP contribution in [0.1, 0.15) is 18.1 Å². The van der Waals surface area contributed by atoms with E-state index in [1.807, 2.05) is 0 Å². The predicted molar refractivity (Wildman–Crippen MR) is 106 cm³/mol. The fourth-order valence-electron chi connectivity index (χ4n) is 2.44. The lowest BCUT2D eigenvalue weighted by molar-refractivity contribution is -0.136. The van der Waals surface area contributed by atoms with Gasteiger partial charge in [-0.2, -0.15) is 0 Å². The minimum Gasteiger partial charge on any atom is -0.493 e. The highest BCUT2D eigenvalue weighted by atomic mass is 35.5. The molecule has 5 nitrogen and oxygen atoms in total. The first-order valence-electron chi connectivity index (χ1n) is 7.81. The molecule has 0 saturated carbocycles. The van der Waals surface area contributed by atoms with Crippen molar-refractivity contribution in [2.45, 2.75) is 13.5 Å². The van der Waals surface area contributed by atoms with Crippen LogP contribution >= 0.6 is 34.8 Å². The Labute approximate surface area is 171 Å². The van der Waals surface area contributed by atoms with Gasteiger partial charge in [0.25, 0.3) is 0 Å². The summed E-state index contributed by atoms with van der Waals surface area (Å²) in [5.41, 5.74) is 2.26. The lowest BCUT2D eigenvalue weighted by Gasteiger charge is -2.14. The third-order valence-electron chi connectivity index (χ3n) is 3.83. The van der Waals surface area contributed by atoms with E-state index in [9.17, 15) is 4.79 Å². The lowest BCUT2D eigenvalue weighted by atomic mass is 10.1. The third-order valence-corrected chi connectivity index (χ3v) is 4.69. The third kappa shape index (κ3) is 4.38. The summed E-state index contributed by atoms with van der Waals surface area (Å²) in [5, 5.41) is 5.01. The molecule has 0 unspecified atom stereocenters. The van der Waals surface area contributed by atoms with E-state index in [2.05, 4.69) is 9.99 Å². The van der Waals surface area contributed by atoms with Crippen LogP contribution in [0.15, 0.2) is 41.1 Å². The maximum atomic E-state index is 11.7. The molecular formula is C19H14Cl3NO4. The molecule has 2 aromatic rings. The summed E-state index contributed by atoms with van der Waals surface area (Å²) < 4.78 is 11.2. The average molecular weight is 427 g/mol. The number of nitrogens with zero attached hydrogens (tertiary/aromatic N) is 1. The monoisotopic (exact) mass is 425 g/mol. The number of ether oxygens (including phenoxy) is 2. The highest BCUT2D eigenvalue weighted by molar-refractivity contribution is 6.35. The lowest BCUT2D eigenvalue weighted by Crippen LogP contribution is -2.02. The van der Waals surface area contributed by atoms with E-state index in [0.717, 1.165) is 5.56 Å². The second-order valence-electron chi connectivity index (χ2n) is 5.67. The molecule has 140 valence electrons. The SMILES string of the molecule is COc1cc(/C=C2/C(=O)ON=C2C)cc(Cl)c1OCc1ccc(Cl)cc1Cl. The van der Waals surface area contributed by atoms with E-state index in [-0.39, 0.29) is 6.61 Å². The van der Waals surface area contributed by atoms with Crippen molar-refractivity contribution in [3.05, 3.63) is 62.1 Å². The zero-order valence-electron chi connectivity index (χ0n) is 14.4. The molecule has 0 atom stereocenters. The van der Waals surface area contributed by atoms with E-state index >= 15 is 0 Å². The van der Waals surface area contributed by atoms with Crippen molar-refractivity contribution in [1.29, 1.82) is 0 Å². The topological polar surface area (TPSA) is 57.1 Å². The Morgan fingerprint density at radius 1 is 1.15 bits per heavy atom. The highest BCUT2D eigenvalue weighted by Crippen LogP contribution is 2.38. The molecule has 8 heteroatoms. The van der Waals surface area contributed by atoms with Crippen LogP contribution in [0.3, 0.4) is 0 Å². The number of methoxy groups -OCH3 is 1. The summed E-state index contributed by atoms with van der Waals surface area (Å²) in [6.45, 7) is 1.87. The summed E-state index contributed by atoms with van der Waals surface area (Å²) in [6, 6.07) is 8.51. The van der Waals surface area contributed by atoms with Gasteiger partial charge in [-0.1, -0.05) is 46.0 Å². The number of halogens is 3. The Morgan fingerprint density at radius 3 is 2.56 bits per heavy atom. The zero-order valence-corrected chi connectivity index (χ0v) is 16.7. The number of hydrogen-bond donors (Lipinski definition) is 0. The molecule has 0 saturated heterocycles. The van der Waals surface area contributed by atoms with Gasteiger partial charge in [0, 0.05) is 15.6 Å². The molecule has 3 rings (SSSR count). The van der Waals surface area contributed by atoms with Crippen molar-refractivity contribution in [3.63, 3.8) is 0 Å².